The van der Waals surface area contributed by atoms with E-state index in [0.717, 1.165) is 16.0 Å². The van der Waals surface area contributed by atoms with Crippen LogP contribution in [0.4, 0.5) is 4.79 Å². The maximum Gasteiger partial charge on any atom is 0.321 e. The SMILES string of the molecule is CNC(=O)NC(=O)[C@@H](c1ccccc1)[NH+](C)Cc1ccc(OC)cc1OC. The second-order valence-corrected chi connectivity index (χ2v) is 6.11. The quantitative estimate of drug-likeness (QED) is 0.675. The summed E-state index contributed by atoms with van der Waals surface area (Å²) in [5.41, 5.74) is 1.76. The fraction of sp³-hybridized carbons (Fsp3) is 0.300. The molecule has 0 aliphatic rings. The average molecular weight is 372 g/mol. The molecule has 3 N–H and O–H groups in total. The number of urea groups is 1. The molecule has 0 saturated carbocycles. The van der Waals surface area contributed by atoms with Gasteiger partial charge in [0.1, 0.15) is 18.0 Å². The van der Waals surface area contributed by atoms with E-state index < -0.39 is 12.1 Å². The van der Waals surface area contributed by atoms with E-state index in [1.54, 1.807) is 14.2 Å². The fourth-order valence-corrected chi connectivity index (χ4v) is 2.95. The highest BCUT2D eigenvalue weighted by Crippen LogP contribution is 2.24. The van der Waals surface area contributed by atoms with Crippen molar-refractivity contribution in [3.63, 3.8) is 0 Å². The number of quaternary nitrogens is 1. The van der Waals surface area contributed by atoms with Gasteiger partial charge in [-0.1, -0.05) is 30.3 Å². The van der Waals surface area contributed by atoms with E-state index in [9.17, 15) is 9.59 Å². The van der Waals surface area contributed by atoms with Gasteiger partial charge >= 0.3 is 6.03 Å². The van der Waals surface area contributed by atoms with E-state index in [0.29, 0.717) is 18.0 Å². The predicted molar refractivity (Wildman–Crippen MR) is 102 cm³/mol. The molecule has 7 nitrogen and oxygen atoms in total. The zero-order valence-corrected chi connectivity index (χ0v) is 16.0. The normalized spacial score (nSPS) is 12.6. The van der Waals surface area contributed by atoms with Crippen LogP contribution in [0.3, 0.4) is 0 Å². The van der Waals surface area contributed by atoms with Gasteiger partial charge in [0.05, 0.1) is 21.3 Å². The van der Waals surface area contributed by atoms with Crippen molar-refractivity contribution < 1.29 is 24.0 Å². The monoisotopic (exact) mass is 372 g/mol. The molecular weight excluding hydrogens is 346 g/mol. The van der Waals surface area contributed by atoms with E-state index in [4.69, 9.17) is 9.47 Å². The Kier molecular flexibility index (Phi) is 7.19. The molecule has 0 bridgehead atoms. The van der Waals surface area contributed by atoms with Gasteiger partial charge in [-0.15, -0.1) is 0 Å². The molecule has 0 aliphatic heterocycles. The maximum absolute atomic E-state index is 12.8. The number of nitrogens with one attached hydrogen (secondary N) is 3. The number of carbonyl (C=O) groups is 2. The standard InChI is InChI=1S/C20H25N3O4/c1-21-20(25)22-19(24)18(14-8-6-5-7-9-14)23(2)13-15-10-11-16(26-3)12-17(15)27-4/h5-12,18H,13H2,1-4H3,(H2,21,22,24,25)/p+1/t18-/m1/s1. The maximum atomic E-state index is 12.8. The molecule has 3 amide bonds. The van der Waals surface area contributed by atoms with Crippen molar-refractivity contribution >= 4 is 11.9 Å². The average Bonchev–Trinajstić information content (AvgIpc) is 2.69. The van der Waals surface area contributed by atoms with E-state index >= 15 is 0 Å². The number of methoxy groups -OCH3 is 2. The van der Waals surface area contributed by atoms with Gasteiger partial charge in [-0.2, -0.15) is 0 Å². The number of imide groups is 1. The Labute approximate surface area is 159 Å². The molecule has 0 aliphatic carbocycles. The summed E-state index contributed by atoms with van der Waals surface area (Å²) >= 11 is 0. The molecule has 0 fully saturated rings. The van der Waals surface area contributed by atoms with Gasteiger partial charge in [-0.25, -0.2) is 4.79 Å². The molecular formula is C20H26N3O4+. The van der Waals surface area contributed by atoms with Crippen molar-refractivity contribution in [3.8, 4) is 11.5 Å². The number of amides is 3. The van der Waals surface area contributed by atoms with E-state index in [1.165, 1.54) is 7.05 Å². The van der Waals surface area contributed by atoms with E-state index in [-0.39, 0.29) is 5.91 Å². The third kappa shape index (κ3) is 5.21. The molecule has 0 aromatic heterocycles. The van der Waals surface area contributed by atoms with E-state index in [1.807, 2.05) is 55.6 Å². The summed E-state index contributed by atoms with van der Waals surface area (Å²) in [4.78, 5) is 25.3. The Morgan fingerprint density at radius 3 is 2.37 bits per heavy atom. The van der Waals surface area contributed by atoms with Crippen LogP contribution < -0.4 is 25.0 Å². The Morgan fingerprint density at radius 1 is 1.07 bits per heavy atom. The van der Waals surface area contributed by atoms with Crippen LogP contribution in [0.5, 0.6) is 11.5 Å². The Balaban J connectivity index is 2.30. The molecule has 27 heavy (non-hydrogen) atoms. The number of hydrogen-bond acceptors (Lipinski definition) is 4. The smallest absolute Gasteiger partial charge is 0.321 e. The van der Waals surface area contributed by atoms with Crippen molar-refractivity contribution in [3.05, 3.63) is 59.7 Å². The summed E-state index contributed by atoms with van der Waals surface area (Å²) in [6.07, 6.45) is 0. The summed E-state index contributed by atoms with van der Waals surface area (Å²) in [6, 6.07) is 13.9. The van der Waals surface area contributed by atoms with Crippen molar-refractivity contribution in [1.29, 1.82) is 0 Å². The lowest BCUT2D eigenvalue weighted by Crippen LogP contribution is -3.09. The van der Waals surface area contributed by atoms with Gasteiger partial charge in [0, 0.05) is 24.2 Å². The van der Waals surface area contributed by atoms with Gasteiger partial charge in [0.25, 0.3) is 5.91 Å². The third-order valence-corrected chi connectivity index (χ3v) is 4.32. The number of carbonyl (C=O) groups excluding carboxylic acids is 2. The van der Waals surface area contributed by atoms with E-state index in [2.05, 4.69) is 10.6 Å². The largest absolute Gasteiger partial charge is 0.497 e. The first-order chi connectivity index (χ1) is 13.0. The van der Waals surface area contributed by atoms with Crippen LogP contribution in [0.15, 0.2) is 48.5 Å². The summed E-state index contributed by atoms with van der Waals surface area (Å²) in [5.74, 6) is 1.02. The van der Waals surface area contributed by atoms with Crippen LogP contribution in [0.1, 0.15) is 17.2 Å². The fourth-order valence-electron chi connectivity index (χ4n) is 2.95. The molecule has 1 unspecified atom stereocenters. The number of ether oxygens (including phenoxy) is 2. The molecule has 7 heteroatoms. The second-order valence-electron chi connectivity index (χ2n) is 6.11. The summed E-state index contributed by atoms with van der Waals surface area (Å²) in [7, 11) is 6.57. The Morgan fingerprint density at radius 2 is 1.78 bits per heavy atom. The van der Waals surface area contributed by atoms with Crippen LogP contribution in [0, 0.1) is 0 Å². The first-order valence-corrected chi connectivity index (χ1v) is 8.60. The lowest BCUT2D eigenvalue weighted by Gasteiger charge is -2.25. The minimum Gasteiger partial charge on any atom is -0.497 e. The Hall–Kier alpha value is -3.06. The van der Waals surface area contributed by atoms with Crippen LogP contribution >= 0.6 is 0 Å². The van der Waals surface area contributed by atoms with Crippen LogP contribution in [-0.2, 0) is 11.3 Å². The zero-order valence-electron chi connectivity index (χ0n) is 16.0. The molecule has 2 atom stereocenters. The van der Waals surface area contributed by atoms with Crippen molar-refractivity contribution in [2.24, 2.45) is 0 Å². The van der Waals surface area contributed by atoms with Gasteiger partial charge in [-0.3, -0.25) is 10.1 Å². The lowest BCUT2D eigenvalue weighted by molar-refractivity contribution is -0.916. The molecule has 0 spiro atoms. The molecule has 2 aromatic rings. The molecule has 2 rings (SSSR count). The molecule has 0 radical (unpaired) electrons. The highest BCUT2D eigenvalue weighted by Gasteiger charge is 2.30. The Bertz CT molecular complexity index is 780. The number of rotatable bonds is 7. The second kappa shape index (κ2) is 9.59. The van der Waals surface area contributed by atoms with Gasteiger partial charge in [-0.05, 0) is 12.1 Å². The van der Waals surface area contributed by atoms with Crippen molar-refractivity contribution in [2.45, 2.75) is 12.6 Å². The summed E-state index contributed by atoms with van der Waals surface area (Å²) in [6.45, 7) is 0.522. The molecule has 2 aromatic carbocycles. The van der Waals surface area contributed by atoms with Crippen molar-refractivity contribution in [2.75, 3.05) is 28.3 Å². The number of hydrogen-bond donors (Lipinski definition) is 3. The van der Waals surface area contributed by atoms with Crippen LogP contribution in [-0.4, -0.2) is 40.3 Å². The first kappa shape index (κ1) is 20.3. The van der Waals surface area contributed by atoms with Crippen molar-refractivity contribution in [1.82, 2.24) is 10.6 Å². The van der Waals surface area contributed by atoms with Gasteiger partial charge < -0.3 is 19.7 Å². The van der Waals surface area contributed by atoms with Gasteiger partial charge in [0.2, 0.25) is 0 Å². The molecule has 144 valence electrons. The predicted octanol–water partition coefficient (Wildman–Crippen LogP) is 0.915. The third-order valence-electron chi connectivity index (χ3n) is 4.32. The molecule has 0 saturated heterocycles. The highest BCUT2D eigenvalue weighted by atomic mass is 16.5. The summed E-state index contributed by atoms with van der Waals surface area (Å²) in [5, 5.41) is 4.79. The first-order valence-electron chi connectivity index (χ1n) is 8.60. The minimum atomic E-state index is -0.560. The topological polar surface area (TPSA) is 81.1 Å². The number of benzene rings is 2. The summed E-state index contributed by atoms with van der Waals surface area (Å²) < 4.78 is 10.7. The molecule has 0 heterocycles. The lowest BCUT2D eigenvalue weighted by atomic mass is 10.0. The highest BCUT2D eigenvalue weighted by molar-refractivity contribution is 5.96. The van der Waals surface area contributed by atoms with Crippen LogP contribution in [0.2, 0.25) is 0 Å². The minimum absolute atomic E-state index is 0.370. The van der Waals surface area contributed by atoms with Crippen LogP contribution in [0.25, 0.3) is 0 Å². The number of likely N-dealkylation sites (N-methyl/N-ethyl adjacent to an activating group) is 1. The zero-order chi connectivity index (χ0) is 19.8. The van der Waals surface area contributed by atoms with Gasteiger partial charge in [0.15, 0.2) is 6.04 Å².